The number of carboxylic acid groups (broad SMARTS) is 1. The number of carboxylic acids is 1. The summed E-state index contributed by atoms with van der Waals surface area (Å²) in [7, 11) is 0. The minimum atomic E-state index is -1.16. The van der Waals surface area contributed by atoms with E-state index in [2.05, 4.69) is 38.5 Å². The number of imidazole rings is 1. The van der Waals surface area contributed by atoms with Crippen LogP contribution in [0.15, 0.2) is 42.9 Å². The maximum atomic E-state index is 13.2. The van der Waals surface area contributed by atoms with Crippen LogP contribution in [0.1, 0.15) is 17.7 Å². The number of rotatable bonds is 15. The fourth-order valence-corrected chi connectivity index (χ4v) is 4.02. The van der Waals surface area contributed by atoms with Crippen LogP contribution in [0.25, 0.3) is 0 Å². The molecule has 0 aliphatic carbocycles. The molecule has 4 unspecified atom stereocenters. The van der Waals surface area contributed by atoms with E-state index >= 15 is 0 Å². The molecule has 0 fully saturated rings. The van der Waals surface area contributed by atoms with Crippen molar-refractivity contribution < 1.29 is 24.3 Å². The summed E-state index contributed by atoms with van der Waals surface area (Å²) in [6, 6.07) is 4.89. The summed E-state index contributed by atoms with van der Waals surface area (Å²) in [6.07, 6.45) is 5.45. The van der Waals surface area contributed by atoms with Crippen LogP contribution in [-0.4, -0.2) is 80.7 Å². The lowest BCUT2D eigenvalue weighted by Crippen LogP contribution is -2.58. The lowest BCUT2D eigenvalue weighted by Gasteiger charge is -2.24. The van der Waals surface area contributed by atoms with Crippen molar-refractivity contribution in [1.29, 1.82) is 0 Å². The fourth-order valence-electron chi connectivity index (χ4n) is 3.30. The number of nitrogens with two attached hydrogens (primary N) is 1. The van der Waals surface area contributed by atoms with Gasteiger partial charge in [0.2, 0.25) is 17.7 Å². The summed E-state index contributed by atoms with van der Waals surface area (Å²) in [5, 5.41) is 17.1. The second-order valence-corrected chi connectivity index (χ2v) is 9.41. The third-order valence-electron chi connectivity index (χ3n) is 5.29. The van der Waals surface area contributed by atoms with Gasteiger partial charge in [-0.15, -0.1) is 0 Å². The Kier molecular flexibility index (Phi) is 12.3. The summed E-state index contributed by atoms with van der Waals surface area (Å²) in [5.74, 6) is -2.53. The maximum Gasteiger partial charge on any atom is 0.326 e. The number of aliphatic carboxylic acids is 1. The molecule has 3 amide bonds. The van der Waals surface area contributed by atoms with E-state index in [1.165, 1.54) is 18.1 Å². The first-order chi connectivity index (χ1) is 17.2. The van der Waals surface area contributed by atoms with Crippen molar-refractivity contribution in [3.63, 3.8) is 0 Å². The molecule has 13 heteroatoms. The Morgan fingerprint density at radius 1 is 1.03 bits per heavy atom. The van der Waals surface area contributed by atoms with E-state index < -0.39 is 47.9 Å². The molecule has 11 nitrogen and oxygen atoms in total. The SMILES string of the molecule is CSCCC(NC(=O)C(CS)NC(=O)C(Cc1ccccc1)NC(=O)C(N)Cc1cnc[nH]1)C(=O)O. The smallest absolute Gasteiger partial charge is 0.326 e. The van der Waals surface area contributed by atoms with Gasteiger partial charge in [0, 0.05) is 30.5 Å². The molecule has 196 valence electrons. The Labute approximate surface area is 219 Å². The summed E-state index contributed by atoms with van der Waals surface area (Å²) in [4.78, 5) is 56.9. The summed E-state index contributed by atoms with van der Waals surface area (Å²) in [5.41, 5.74) is 7.48. The molecule has 4 atom stereocenters. The Morgan fingerprint density at radius 3 is 2.25 bits per heavy atom. The molecule has 0 spiro atoms. The molecule has 7 N–H and O–H groups in total. The first-order valence-electron chi connectivity index (χ1n) is 11.3. The van der Waals surface area contributed by atoms with Crippen molar-refractivity contribution in [2.45, 2.75) is 43.4 Å². The van der Waals surface area contributed by atoms with Gasteiger partial charge in [-0.1, -0.05) is 30.3 Å². The number of aromatic nitrogens is 2. The van der Waals surface area contributed by atoms with Crippen molar-refractivity contribution in [2.75, 3.05) is 17.8 Å². The molecule has 0 radical (unpaired) electrons. The summed E-state index contributed by atoms with van der Waals surface area (Å²) < 4.78 is 0. The molecule has 36 heavy (non-hydrogen) atoms. The number of thiol groups is 1. The van der Waals surface area contributed by atoms with Crippen LogP contribution in [0, 0.1) is 0 Å². The number of nitrogens with zero attached hydrogens (tertiary/aromatic N) is 1. The number of hydrogen-bond donors (Lipinski definition) is 7. The number of H-pyrrole nitrogens is 1. The zero-order chi connectivity index (χ0) is 26.5. The maximum absolute atomic E-state index is 13.2. The lowest BCUT2D eigenvalue weighted by molar-refractivity contribution is -0.142. The van der Waals surface area contributed by atoms with Crippen molar-refractivity contribution >= 4 is 48.1 Å². The number of nitrogens with one attached hydrogen (secondary N) is 4. The van der Waals surface area contributed by atoms with E-state index in [-0.39, 0.29) is 25.0 Å². The standard InChI is InChI=1S/C23H32N6O5S2/c1-36-8-7-17(23(33)34)27-22(32)19(12-35)29-21(31)18(9-14-5-3-2-4-6-14)28-20(30)16(24)10-15-11-25-13-26-15/h2-6,11,13,16-19,35H,7-10,12,24H2,1H3,(H,25,26)(H,27,32)(H,28,30)(H,29,31)(H,33,34). The second kappa shape index (κ2) is 15.2. The minimum Gasteiger partial charge on any atom is -0.480 e. The number of thioether (sulfide) groups is 1. The third-order valence-corrected chi connectivity index (χ3v) is 6.30. The fraction of sp³-hybridized carbons (Fsp3) is 0.435. The zero-order valence-electron chi connectivity index (χ0n) is 19.8. The highest BCUT2D eigenvalue weighted by Crippen LogP contribution is 2.07. The average molecular weight is 537 g/mol. The summed E-state index contributed by atoms with van der Waals surface area (Å²) >= 11 is 5.61. The van der Waals surface area contributed by atoms with Gasteiger partial charge in [0.15, 0.2) is 0 Å². The monoisotopic (exact) mass is 536 g/mol. The van der Waals surface area contributed by atoms with Crippen molar-refractivity contribution in [3.8, 4) is 0 Å². The Hall–Kier alpha value is -3.03. The van der Waals surface area contributed by atoms with Gasteiger partial charge in [-0.05, 0) is 24.0 Å². The van der Waals surface area contributed by atoms with Crippen molar-refractivity contribution in [2.24, 2.45) is 5.73 Å². The van der Waals surface area contributed by atoms with Gasteiger partial charge in [0.1, 0.15) is 18.1 Å². The minimum absolute atomic E-state index is 0.0716. The van der Waals surface area contributed by atoms with E-state index in [0.29, 0.717) is 11.4 Å². The van der Waals surface area contributed by atoms with Gasteiger partial charge in [-0.25, -0.2) is 9.78 Å². The molecular weight excluding hydrogens is 504 g/mol. The van der Waals surface area contributed by atoms with Gasteiger partial charge in [-0.3, -0.25) is 14.4 Å². The van der Waals surface area contributed by atoms with E-state index in [4.69, 9.17) is 5.73 Å². The van der Waals surface area contributed by atoms with Crippen LogP contribution in [-0.2, 0) is 32.0 Å². The normalized spacial score (nSPS) is 14.2. The largest absolute Gasteiger partial charge is 0.480 e. The number of hydrogen-bond acceptors (Lipinski definition) is 8. The Morgan fingerprint density at radius 2 is 1.67 bits per heavy atom. The summed E-state index contributed by atoms with van der Waals surface area (Å²) in [6.45, 7) is 0. The molecule has 0 saturated carbocycles. The molecule has 1 heterocycles. The molecule has 0 aliphatic heterocycles. The van der Waals surface area contributed by atoms with Gasteiger partial charge in [0.25, 0.3) is 0 Å². The van der Waals surface area contributed by atoms with Crippen molar-refractivity contribution in [3.05, 3.63) is 54.1 Å². The van der Waals surface area contributed by atoms with Crippen LogP contribution in [0.3, 0.4) is 0 Å². The predicted molar refractivity (Wildman–Crippen MR) is 141 cm³/mol. The third kappa shape index (κ3) is 9.55. The Balaban J connectivity index is 2.10. The van der Waals surface area contributed by atoms with E-state index in [9.17, 15) is 24.3 Å². The molecule has 2 aromatic rings. The highest BCUT2D eigenvalue weighted by molar-refractivity contribution is 7.98. The molecule has 0 aliphatic rings. The van der Waals surface area contributed by atoms with Gasteiger partial charge in [-0.2, -0.15) is 24.4 Å². The molecule has 1 aromatic carbocycles. The molecule has 2 rings (SSSR count). The van der Waals surface area contributed by atoms with E-state index in [1.807, 2.05) is 24.5 Å². The highest BCUT2D eigenvalue weighted by atomic mass is 32.2. The zero-order valence-corrected chi connectivity index (χ0v) is 21.6. The predicted octanol–water partition coefficient (Wildman–Crippen LogP) is -0.256. The van der Waals surface area contributed by atoms with Crippen LogP contribution in [0.2, 0.25) is 0 Å². The quantitative estimate of drug-likeness (QED) is 0.152. The van der Waals surface area contributed by atoms with Gasteiger partial charge in [0.05, 0.1) is 12.4 Å². The molecular formula is C23H32N6O5S2. The number of benzene rings is 1. The highest BCUT2D eigenvalue weighted by Gasteiger charge is 2.30. The van der Waals surface area contributed by atoms with Gasteiger partial charge >= 0.3 is 5.97 Å². The molecule has 0 saturated heterocycles. The molecule has 1 aromatic heterocycles. The van der Waals surface area contributed by atoms with Gasteiger partial charge < -0.3 is 31.8 Å². The number of carbonyl (C=O) groups excluding carboxylic acids is 3. The van der Waals surface area contributed by atoms with Crippen molar-refractivity contribution in [1.82, 2.24) is 25.9 Å². The first-order valence-corrected chi connectivity index (χ1v) is 13.3. The molecule has 0 bridgehead atoms. The lowest BCUT2D eigenvalue weighted by atomic mass is 10.0. The van der Waals surface area contributed by atoms with Crippen LogP contribution < -0.4 is 21.7 Å². The van der Waals surface area contributed by atoms with Crippen LogP contribution in [0.4, 0.5) is 0 Å². The number of aromatic amines is 1. The van der Waals surface area contributed by atoms with E-state index in [0.717, 1.165) is 5.56 Å². The topological polar surface area (TPSA) is 179 Å². The average Bonchev–Trinajstić information content (AvgIpc) is 3.37. The Bertz CT molecular complexity index is 992. The van der Waals surface area contributed by atoms with Crippen LogP contribution in [0.5, 0.6) is 0 Å². The number of carbonyl (C=O) groups is 4. The van der Waals surface area contributed by atoms with Crippen LogP contribution >= 0.6 is 24.4 Å². The first kappa shape index (κ1) is 29.2. The van der Waals surface area contributed by atoms with E-state index in [1.54, 1.807) is 18.3 Å². The number of amides is 3. The second-order valence-electron chi connectivity index (χ2n) is 8.06.